The second-order valence-corrected chi connectivity index (χ2v) is 5.11. The van der Waals surface area contributed by atoms with E-state index in [4.69, 9.17) is 14.2 Å². The average Bonchev–Trinajstić information content (AvgIpc) is 2.68. The molecule has 0 radical (unpaired) electrons. The van der Waals surface area contributed by atoms with Crippen LogP contribution in [0.15, 0.2) is 41.5 Å². The summed E-state index contributed by atoms with van der Waals surface area (Å²) in [5.41, 5.74) is 1.82. The molecule has 1 aromatic carbocycles. The molecule has 0 saturated carbocycles. The van der Waals surface area contributed by atoms with E-state index < -0.39 is 0 Å². The van der Waals surface area contributed by atoms with E-state index in [1.807, 2.05) is 30.3 Å². The average molecular weight is 344 g/mol. The molecule has 0 aliphatic heterocycles. The van der Waals surface area contributed by atoms with Gasteiger partial charge < -0.3 is 24.8 Å². The Morgan fingerprint density at radius 1 is 1.00 bits per heavy atom. The first kappa shape index (κ1) is 18.4. The number of hydrogen-bond donors (Lipinski definition) is 2. The lowest BCUT2D eigenvalue weighted by Gasteiger charge is -2.17. The number of aromatic nitrogens is 1. The lowest BCUT2D eigenvalue weighted by atomic mass is 10.1. The van der Waals surface area contributed by atoms with Gasteiger partial charge in [0.15, 0.2) is 5.96 Å². The minimum atomic E-state index is 0.484. The maximum atomic E-state index is 5.46. The summed E-state index contributed by atoms with van der Waals surface area (Å²) in [6, 6.07) is 9.44. The Hall–Kier alpha value is -2.96. The van der Waals surface area contributed by atoms with E-state index in [-0.39, 0.29) is 0 Å². The number of guanidine groups is 1. The number of pyridine rings is 1. The number of ether oxygens (including phenoxy) is 3. The number of hydrogen-bond acceptors (Lipinski definition) is 5. The van der Waals surface area contributed by atoms with Crippen molar-refractivity contribution in [2.24, 2.45) is 4.99 Å². The van der Waals surface area contributed by atoms with E-state index in [0.29, 0.717) is 36.3 Å². The SMILES string of the molecule is CN=C(NCc1ccccn1)NCc1c(OC)cc(OC)cc1OC. The van der Waals surface area contributed by atoms with Crippen LogP contribution in [0.2, 0.25) is 0 Å². The first-order valence-corrected chi connectivity index (χ1v) is 7.85. The fourth-order valence-electron chi connectivity index (χ4n) is 2.32. The van der Waals surface area contributed by atoms with Crippen molar-refractivity contribution in [1.29, 1.82) is 0 Å². The summed E-state index contributed by atoms with van der Waals surface area (Å²) < 4.78 is 16.2. The van der Waals surface area contributed by atoms with E-state index in [1.54, 1.807) is 34.6 Å². The van der Waals surface area contributed by atoms with Crippen LogP contribution in [0.1, 0.15) is 11.3 Å². The molecule has 7 heteroatoms. The molecule has 2 N–H and O–H groups in total. The molecular formula is C18H24N4O3. The molecule has 0 fully saturated rings. The second kappa shape index (κ2) is 9.36. The number of rotatable bonds is 7. The monoisotopic (exact) mass is 344 g/mol. The number of benzene rings is 1. The van der Waals surface area contributed by atoms with E-state index in [1.165, 1.54) is 0 Å². The van der Waals surface area contributed by atoms with Crippen molar-refractivity contribution in [3.8, 4) is 17.2 Å². The lowest BCUT2D eigenvalue weighted by Crippen LogP contribution is -2.36. The van der Waals surface area contributed by atoms with Crippen molar-refractivity contribution in [3.63, 3.8) is 0 Å². The van der Waals surface area contributed by atoms with Crippen LogP contribution in [0.25, 0.3) is 0 Å². The number of methoxy groups -OCH3 is 3. The zero-order valence-corrected chi connectivity index (χ0v) is 15.0. The molecule has 0 aliphatic rings. The molecule has 2 aromatic rings. The van der Waals surface area contributed by atoms with E-state index in [0.717, 1.165) is 11.3 Å². The summed E-state index contributed by atoms with van der Waals surface area (Å²) in [5, 5.41) is 6.48. The Labute approximate surface area is 148 Å². The van der Waals surface area contributed by atoms with Crippen LogP contribution in [-0.4, -0.2) is 39.3 Å². The molecule has 7 nitrogen and oxygen atoms in total. The second-order valence-electron chi connectivity index (χ2n) is 5.11. The standard InChI is InChI=1S/C18H24N4O3/c1-19-18(21-11-13-7-5-6-8-20-13)22-12-15-16(24-3)9-14(23-2)10-17(15)25-4/h5-10H,11-12H2,1-4H3,(H2,19,21,22). The van der Waals surface area contributed by atoms with Crippen molar-refractivity contribution in [3.05, 3.63) is 47.8 Å². The van der Waals surface area contributed by atoms with Crippen molar-refractivity contribution >= 4 is 5.96 Å². The van der Waals surface area contributed by atoms with Gasteiger partial charge >= 0.3 is 0 Å². The van der Waals surface area contributed by atoms with Crippen molar-refractivity contribution in [1.82, 2.24) is 15.6 Å². The number of nitrogens with one attached hydrogen (secondary N) is 2. The van der Waals surface area contributed by atoms with Crippen molar-refractivity contribution in [2.45, 2.75) is 13.1 Å². The van der Waals surface area contributed by atoms with Gasteiger partial charge in [0.2, 0.25) is 0 Å². The molecule has 1 aromatic heterocycles. The Balaban J connectivity index is 2.05. The first-order chi connectivity index (χ1) is 12.2. The van der Waals surface area contributed by atoms with Crippen LogP contribution >= 0.6 is 0 Å². The van der Waals surface area contributed by atoms with Gasteiger partial charge in [0.1, 0.15) is 17.2 Å². The van der Waals surface area contributed by atoms with Gasteiger partial charge in [0.05, 0.1) is 45.7 Å². The fourth-order valence-corrected chi connectivity index (χ4v) is 2.32. The quantitative estimate of drug-likeness (QED) is 0.591. The van der Waals surface area contributed by atoms with Crippen LogP contribution < -0.4 is 24.8 Å². The van der Waals surface area contributed by atoms with Gasteiger partial charge in [-0.15, -0.1) is 0 Å². The maximum Gasteiger partial charge on any atom is 0.191 e. The van der Waals surface area contributed by atoms with Crippen LogP contribution in [0.5, 0.6) is 17.2 Å². The third-order valence-electron chi connectivity index (χ3n) is 3.64. The van der Waals surface area contributed by atoms with E-state index in [2.05, 4.69) is 20.6 Å². The molecule has 0 bridgehead atoms. The predicted molar refractivity (Wildman–Crippen MR) is 97.4 cm³/mol. The molecule has 2 rings (SSSR count). The number of nitrogens with zero attached hydrogens (tertiary/aromatic N) is 2. The van der Waals surface area contributed by atoms with Gasteiger partial charge in [-0.2, -0.15) is 0 Å². The maximum absolute atomic E-state index is 5.46. The van der Waals surface area contributed by atoms with Gasteiger partial charge in [-0.3, -0.25) is 9.98 Å². The molecule has 0 saturated heterocycles. The van der Waals surface area contributed by atoms with Crippen LogP contribution in [0.3, 0.4) is 0 Å². The predicted octanol–water partition coefficient (Wildman–Crippen LogP) is 1.97. The Bertz CT molecular complexity index is 680. The fraction of sp³-hybridized carbons (Fsp3) is 0.333. The zero-order chi connectivity index (χ0) is 18.1. The topological polar surface area (TPSA) is 77.0 Å². The third kappa shape index (κ3) is 5.00. The highest BCUT2D eigenvalue weighted by molar-refractivity contribution is 5.79. The summed E-state index contributed by atoms with van der Waals surface area (Å²) in [6.45, 7) is 1.07. The molecule has 0 spiro atoms. The van der Waals surface area contributed by atoms with Crippen LogP contribution in [-0.2, 0) is 13.1 Å². The molecule has 25 heavy (non-hydrogen) atoms. The minimum absolute atomic E-state index is 0.484. The summed E-state index contributed by atoms with van der Waals surface area (Å²) in [5.74, 6) is 2.70. The normalized spacial score (nSPS) is 11.0. The summed E-state index contributed by atoms with van der Waals surface area (Å²) in [4.78, 5) is 8.50. The van der Waals surface area contributed by atoms with Gasteiger partial charge in [0, 0.05) is 25.4 Å². The molecule has 0 unspecified atom stereocenters. The molecule has 1 heterocycles. The van der Waals surface area contributed by atoms with Crippen molar-refractivity contribution < 1.29 is 14.2 Å². The highest BCUT2D eigenvalue weighted by Gasteiger charge is 2.13. The first-order valence-electron chi connectivity index (χ1n) is 7.85. The smallest absolute Gasteiger partial charge is 0.191 e. The zero-order valence-electron chi connectivity index (χ0n) is 15.0. The largest absolute Gasteiger partial charge is 0.496 e. The third-order valence-corrected chi connectivity index (χ3v) is 3.64. The lowest BCUT2D eigenvalue weighted by molar-refractivity contribution is 0.368. The summed E-state index contributed by atoms with van der Waals surface area (Å²) in [6.07, 6.45) is 1.76. The summed E-state index contributed by atoms with van der Waals surface area (Å²) >= 11 is 0. The molecule has 0 atom stereocenters. The van der Waals surface area contributed by atoms with E-state index in [9.17, 15) is 0 Å². The highest BCUT2D eigenvalue weighted by atomic mass is 16.5. The molecular weight excluding hydrogens is 320 g/mol. The van der Waals surface area contributed by atoms with Crippen LogP contribution in [0.4, 0.5) is 0 Å². The van der Waals surface area contributed by atoms with Gasteiger partial charge in [0.25, 0.3) is 0 Å². The Kier molecular flexibility index (Phi) is 6.88. The van der Waals surface area contributed by atoms with Gasteiger partial charge in [-0.1, -0.05) is 6.07 Å². The Morgan fingerprint density at radius 2 is 1.68 bits per heavy atom. The Morgan fingerprint density at radius 3 is 2.20 bits per heavy atom. The van der Waals surface area contributed by atoms with Crippen molar-refractivity contribution in [2.75, 3.05) is 28.4 Å². The van der Waals surface area contributed by atoms with Gasteiger partial charge in [-0.05, 0) is 12.1 Å². The van der Waals surface area contributed by atoms with Gasteiger partial charge in [-0.25, -0.2) is 0 Å². The minimum Gasteiger partial charge on any atom is -0.496 e. The molecule has 0 aliphatic carbocycles. The van der Waals surface area contributed by atoms with Crippen LogP contribution in [0, 0.1) is 0 Å². The number of aliphatic imine (C=N–C) groups is 1. The highest BCUT2D eigenvalue weighted by Crippen LogP contribution is 2.33. The molecule has 0 amide bonds. The van der Waals surface area contributed by atoms with E-state index >= 15 is 0 Å². The molecule has 134 valence electrons. The summed E-state index contributed by atoms with van der Waals surface area (Å²) in [7, 11) is 6.56.